The second kappa shape index (κ2) is 4.98. The van der Waals surface area contributed by atoms with Crippen LogP contribution in [0.3, 0.4) is 0 Å². The van der Waals surface area contributed by atoms with E-state index >= 15 is 0 Å². The molecule has 2 rings (SSSR count). The fourth-order valence-corrected chi connectivity index (χ4v) is 2.34. The molecule has 0 spiro atoms. The zero-order valence-corrected chi connectivity index (χ0v) is 11.2. The van der Waals surface area contributed by atoms with Gasteiger partial charge in [-0.3, -0.25) is 0 Å². The Kier molecular flexibility index (Phi) is 3.59. The minimum Gasteiger partial charge on any atom is -0.493 e. The van der Waals surface area contributed by atoms with Crippen molar-refractivity contribution in [3.63, 3.8) is 0 Å². The van der Waals surface area contributed by atoms with Crippen molar-refractivity contribution in [2.75, 3.05) is 20.5 Å². The molecule has 0 aliphatic heterocycles. The lowest BCUT2D eigenvalue weighted by Crippen LogP contribution is -1.94. The summed E-state index contributed by atoms with van der Waals surface area (Å²) in [5, 5.41) is 1.95. The molecule has 0 bridgehead atoms. The topological polar surface area (TPSA) is 44.2 Å². The van der Waals surface area contributed by atoms with Crippen molar-refractivity contribution in [2.45, 2.75) is 5.03 Å². The van der Waals surface area contributed by atoms with Gasteiger partial charge in [0.05, 0.1) is 19.7 Å². The summed E-state index contributed by atoms with van der Waals surface area (Å²) < 4.78 is 10.5. The van der Waals surface area contributed by atoms with Crippen molar-refractivity contribution in [3.05, 3.63) is 17.4 Å². The predicted molar refractivity (Wildman–Crippen MR) is 69.4 cm³/mol. The molecule has 0 saturated carbocycles. The highest BCUT2D eigenvalue weighted by Gasteiger charge is 2.11. The summed E-state index contributed by atoms with van der Waals surface area (Å²) in [5.74, 6) is 1.28. The summed E-state index contributed by atoms with van der Waals surface area (Å²) in [5.41, 5.74) is 0.743. The Hall–Kier alpha value is -1.20. The average molecular weight is 271 g/mol. The molecule has 0 saturated heterocycles. The summed E-state index contributed by atoms with van der Waals surface area (Å²) >= 11 is 7.38. The Labute approximate surface area is 108 Å². The van der Waals surface area contributed by atoms with Crippen molar-refractivity contribution in [1.82, 2.24) is 9.97 Å². The summed E-state index contributed by atoms with van der Waals surface area (Å²) in [6.45, 7) is 0. The normalized spacial score (nSPS) is 10.6. The van der Waals surface area contributed by atoms with Crippen LogP contribution in [0.5, 0.6) is 11.5 Å². The second-order valence-corrected chi connectivity index (χ2v) is 4.36. The van der Waals surface area contributed by atoms with Crippen molar-refractivity contribution in [2.24, 2.45) is 0 Å². The minimum atomic E-state index is 0.231. The number of rotatable bonds is 3. The summed E-state index contributed by atoms with van der Waals surface area (Å²) in [6, 6.07) is 3.65. The van der Waals surface area contributed by atoms with Crippen LogP contribution in [0.15, 0.2) is 17.2 Å². The summed E-state index contributed by atoms with van der Waals surface area (Å²) in [7, 11) is 3.18. The molecule has 0 aliphatic carbocycles. The first kappa shape index (κ1) is 12.3. The molecule has 1 aromatic heterocycles. The number of nitrogens with zero attached hydrogens (tertiary/aromatic N) is 2. The van der Waals surface area contributed by atoms with E-state index in [9.17, 15) is 0 Å². The Morgan fingerprint density at radius 2 is 1.76 bits per heavy atom. The van der Waals surface area contributed by atoms with E-state index in [4.69, 9.17) is 21.1 Å². The van der Waals surface area contributed by atoms with Crippen LogP contribution in [0.2, 0.25) is 5.28 Å². The number of thioether (sulfide) groups is 1. The van der Waals surface area contributed by atoms with E-state index in [0.29, 0.717) is 11.5 Å². The molecule has 0 radical (unpaired) electrons. The molecular weight excluding hydrogens is 260 g/mol. The highest BCUT2D eigenvalue weighted by atomic mass is 35.5. The molecule has 0 unspecified atom stereocenters. The third-order valence-corrected chi connectivity index (χ3v) is 3.20. The van der Waals surface area contributed by atoms with Gasteiger partial charge in [-0.05, 0) is 23.9 Å². The highest BCUT2D eigenvalue weighted by molar-refractivity contribution is 7.98. The van der Waals surface area contributed by atoms with Crippen LogP contribution >= 0.6 is 23.4 Å². The molecular formula is C11H11ClN2O2S. The van der Waals surface area contributed by atoms with Gasteiger partial charge in [-0.15, -0.1) is 11.8 Å². The maximum atomic E-state index is 5.86. The monoisotopic (exact) mass is 270 g/mol. The Bertz CT molecular complexity index is 563. The Morgan fingerprint density at radius 1 is 1.12 bits per heavy atom. The van der Waals surface area contributed by atoms with Crippen molar-refractivity contribution >= 4 is 34.3 Å². The maximum Gasteiger partial charge on any atom is 0.224 e. The summed E-state index contributed by atoms with van der Waals surface area (Å²) in [6.07, 6.45) is 1.94. The van der Waals surface area contributed by atoms with Gasteiger partial charge in [-0.1, -0.05) is 0 Å². The van der Waals surface area contributed by atoms with Crippen LogP contribution in [0, 0.1) is 0 Å². The van der Waals surface area contributed by atoms with Crippen molar-refractivity contribution in [3.8, 4) is 11.5 Å². The average Bonchev–Trinajstić information content (AvgIpc) is 2.35. The second-order valence-electron chi connectivity index (χ2n) is 3.23. The third-order valence-electron chi connectivity index (χ3n) is 2.33. The fraction of sp³-hybridized carbons (Fsp3) is 0.273. The number of methoxy groups -OCH3 is 2. The van der Waals surface area contributed by atoms with Gasteiger partial charge >= 0.3 is 0 Å². The maximum absolute atomic E-state index is 5.86. The zero-order chi connectivity index (χ0) is 12.4. The fourth-order valence-electron chi connectivity index (χ4n) is 1.56. The number of ether oxygens (including phenoxy) is 2. The first-order valence-corrected chi connectivity index (χ1v) is 6.43. The molecule has 1 heterocycles. The largest absolute Gasteiger partial charge is 0.493 e. The Balaban J connectivity index is 2.77. The number of fused-ring (bicyclic) bond motifs is 1. The first-order chi connectivity index (χ1) is 8.19. The lowest BCUT2D eigenvalue weighted by Gasteiger charge is -2.10. The van der Waals surface area contributed by atoms with Crippen LogP contribution in [-0.4, -0.2) is 30.4 Å². The van der Waals surface area contributed by atoms with Gasteiger partial charge in [-0.25, -0.2) is 9.97 Å². The lowest BCUT2D eigenvalue weighted by molar-refractivity contribution is 0.355. The standard InChI is InChI=1S/C11H11ClN2O2S/c1-15-8-4-6-7(5-9(8)16-2)13-11(12)14-10(6)17-3/h4-5H,1-3H3. The summed E-state index contributed by atoms with van der Waals surface area (Å²) in [4.78, 5) is 8.35. The third kappa shape index (κ3) is 2.25. The number of hydrogen-bond donors (Lipinski definition) is 0. The van der Waals surface area contributed by atoms with Gasteiger partial charge < -0.3 is 9.47 Å². The molecule has 17 heavy (non-hydrogen) atoms. The van der Waals surface area contributed by atoms with E-state index in [2.05, 4.69) is 9.97 Å². The Morgan fingerprint density at radius 3 is 2.35 bits per heavy atom. The molecule has 6 heteroatoms. The number of halogens is 1. The van der Waals surface area contributed by atoms with E-state index in [1.165, 1.54) is 11.8 Å². The number of aromatic nitrogens is 2. The van der Waals surface area contributed by atoms with Crippen LogP contribution in [0.4, 0.5) is 0 Å². The zero-order valence-electron chi connectivity index (χ0n) is 9.65. The van der Waals surface area contributed by atoms with Gasteiger partial charge in [0.25, 0.3) is 0 Å². The van der Waals surface area contributed by atoms with Gasteiger partial charge in [0.1, 0.15) is 5.03 Å². The molecule has 0 atom stereocenters. The first-order valence-electron chi connectivity index (χ1n) is 4.83. The quantitative estimate of drug-likeness (QED) is 0.487. The van der Waals surface area contributed by atoms with E-state index in [1.54, 1.807) is 20.3 Å². The van der Waals surface area contributed by atoms with Crippen LogP contribution in [0.1, 0.15) is 0 Å². The SMILES string of the molecule is COc1cc2nc(Cl)nc(SC)c2cc1OC. The van der Waals surface area contributed by atoms with E-state index in [0.717, 1.165) is 15.9 Å². The van der Waals surface area contributed by atoms with E-state index < -0.39 is 0 Å². The van der Waals surface area contributed by atoms with Crippen LogP contribution in [-0.2, 0) is 0 Å². The molecule has 0 amide bonds. The van der Waals surface area contributed by atoms with Gasteiger partial charge in [0, 0.05) is 11.5 Å². The molecule has 1 aromatic carbocycles. The molecule has 4 nitrogen and oxygen atoms in total. The van der Waals surface area contributed by atoms with Gasteiger partial charge in [0.15, 0.2) is 11.5 Å². The number of benzene rings is 1. The van der Waals surface area contributed by atoms with E-state index in [1.807, 2.05) is 12.3 Å². The van der Waals surface area contributed by atoms with Crippen molar-refractivity contribution in [1.29, 1.82) is 0 Å². The highest BCUT2D eigenvalue weighted by Crippen LogP contribution is 2.35. The predicted octanol–water partition coefficient (Wildman–Crippen LogP) is 3.02. The molecule has 0 aliphatic rings. The van der Waals surface area contributed by atoms with Gasteiger partial charge in [0.2, 0.25) is 5.28 Å². The van der Waals surface area contributed by atoms with Crippen molar-refractivity contribution < 1.29 is 9.47 Å². The minimum absolute atomic E-state index is 0.231. The van der Waals surface area contributed by atoms with E-state index in [-0.39, 0.29) is 5.28 Å². The number of hydrogen-bond acceptors (Lipinski definition) is 5. The molecule has 90 valence electrons. The smallest absolute Gasteiger partial charge is 0.224 e. The van der Waals surface area contributed by atoms with Crippen LogP contribution in [0.25, 0.3) is 10.9 Å². The van der Waals surface area contributed by atoms with Crippen LogP contribution < -0.4 is 9.47 Å². The molecule has 2 aromatic rings. The van der Waals surface area contributed by atoms with Gasteiger partial charge in [-0.2, -0.15) is 0 Å². The molecule has 0 N–H and O–H groups in total. The lowest BCUT2D eigenvalue weighted by atomic mass is 10.2. The molecule has 0 fully saturated rings.